The second kappa shape index (κ2) is 7.20. The van der Waals surface area contributed by atoms with E-state index in [1.807, 2.05) is 0 Å². The zero-order valence-electron chi connectivity index (χ0n) is 15.0. The Labute approximate surface area is 162 Å². The van der Waals surface area contributed by atoms with Crippen molar-refractivity contribution in [3.8, 4) is 5.82 Å². The van der Waals surface area contributed by atoms with E-state index < -0.39 is 28.0 Å². The summed E-state index contributed by atoms with van der Waals surface area (Å²) in [4.78, 5) is 24.9. The smallest absolute Gasteiger partial charge is 0.267 e. The highest BCUT2D eigenvalue weighted by molar-refractivity contribution is 7.98. The summed E-state index contributed by atoms with van der Waals surface area (Å²) in [5, 5.41) is 0.220. The number of hydrogen-bond acceptors (Lipinski definition) is 7. The first-order chi connectivity index (χ1) is 13.0. The number of thioether (sulfide) groups is 1. The number of pyridine rings is 1. The maximum absolute atomic E-state index is 13.1. The molecular weight excluding hydrogens is 417 g/mol. The van der Waals surface area contributed by atoms with Crippen molar-refractivity contribution in [3.05, 3.63) is 34.7 Å². The number of fused-ring (bicyclic) bond motifs is 1. The van der Waals surface area contributed by atoms with Crippen LogP contribution in [0.5, 0.6) is 0 Å². The lowest BCUT2D eigenvalue weighted by molar-refractivity contribution is -0.144. The molecule has 0 bridgehead atoms. The van der Waals surface area contributed by atoms with E-state index in [1.165, 1.54) is 48.7 Å². The van der Waals surface area contributed by atoms with Crippen molar-refractivity contribution in [2.24, 2.45) is 4.36 Å². The summed E-state index contributed by atoms with van der Waals surface area (Å²) in [6.07, 6.45) is 1.06. The largest absolute Gasteiger partial charge is 0.408 e. The van der Waals surface area contributed by atoms with Gasteiger partial charge in [0.1, 0.15) is 11.9 Å². The number of alkyl halides is 3. The van der Waals surface area contributed by atoms with Gasteiger partial charge in [-0.2, -0.15) is 17.5 Å². The molecule has 0 fully saturated rings. The van der Waals surface area contributed by atoms with Gasteiger partial charge in [0, 0.05) is 28.4 Å². The van der Waals surface area contributed by atoms with E-state index >= 15 is 0 Å². The van der Waals surface area contributed by atoms with Crippen LogP contribution in [0.3, 0.4) is 0 Å². The Morgan fingerprint density at radius 1 is 1.25 bits per heavy atom. The SMILES string of the molecule is CSc1ncc2c(=O)n(CC(F)(F)F)n(-c3cccc(N=S(C)(C)=O)n3)c2n1. The molecular formula is C15H15F3N6O2S2. The zero-order chi connectivity index (χ0) is 20.7. The van der Waals surface area contributed by atoms with Crippen LogP contribution in [0.1, 0.15) is 0 Å². The summed E-state index contributed by atoms with van der Waals surface area (Å²) >= 11 is 1.18. The lowest BCUT2D eigenvalue weighted by Gasteiger charge is -2.13. The van der Waals surface area contributed by atoms with Crippen molar-refractivity contribution in [1.82, 2.24) is 24.3 Å². The minimum Gasteiger partial charge on any atom is -0.267 e. The molecule has 13 heteroatoms. The average Bonchev–Trinajstić information content (AvgIpc) is 2.83. The molecule has 0 aliphatic carbocycles. The number of aromatic nitrogens is 5. The highest BCUT2D eigenvalue weighted by Gasteiger charge is 2.32. The summed E-state index contributed by atoms with van der Waals surface area (Å²) in [5.41, 5.74) is -0.897. The van der Waals surface area contributed by atoms with Crippen LogP contribution in [0.4, 0.5) is 19.0 Å². The fraction of sp³-hybridized carbons (Fsp3) is 0.333. The van der Waals surface area contributed by atoms with Gasteiger partial charge in [-0.25, -0.2) is 28.5 Å². The predicted molar refractivity (Wildman–Crippen MR) is 101 cm³/mol. The van der Waals surface area contributed by atoms with Gasteiger partial charge in [-0.15, -0.1) is 0 Å². The third-order valence-corrected chi connectivity index (χ3v) is 4.60. The highest BCUT2D eigenvalue weighted by Crippen LogP contribution is 2.23. The second-order valence-electron chi connectivity index (χ2n) is 6.01. The Morgan fingerprint density at radius 2 is 1.96 bits per heavy atom. The predicted octanol–water partition coefficient (Wildman–Crippen LogP) is 2.62. The van der Waals surface area contributed by atoms with E-state index in [2.05, 4.69) is 19.3 Å². The molecule has 0 amide bonds. The summed E-state index contributed by atoms with van der Waals surface area (Å²) in [6, 6.07) is 4.38. The van der Waals surface area contributed by atoms with Gasteiger partial charge < -0.3 is 0 Å². The van der Waals surface area contributed by atoms with Crippen molar-refractivity contribution in [1.29, 1.82) is 0 Å². The molecule has 0 saturated heterocycles. The normalized spacial score (nSPS) is 12.5. The topological polar surface area (TPSA) is 95.0 Å². The minimum absolute atomic E-state index is 0.00740. The molecule has 0 aromatic carbocycles. The van der Waals surface area contributed by atoms with Crippen LogP contribution < -0.4 is 5.56 Å². The number of rotatable bonds is 4. The fourth-order valence-corrected chi connectivity index (χ4v) is 3.35. The highest BCUT2D eigenvalue weighted by atomic mass is 32.2. The second-order valence-corrected chi connectivity index (χ2v) is 9.33. The Kier molecular flexibility index (Phi) is 5.23. The number of halogens is 3. The molecule has 0 spiro atoms. The Balaban J connectivity index is 2.35. The average molecular weight is 432 g/mol. The van der Waals surface area contributed by atoms with E-state index in [0.29, 0.717) is 4.68 Å². The molecule has 3 aromatic heterocycles. The summed E-state index contributed by atoms with van der Waals surface area (Å²) in [5.74, 6) is 0.0616. The van der Waals surface area contributed by atoms with Crippen LogP contribution in [-0.2, 0) is 16.3 Å². The molecule has 0 saturated carbocycles. The lowest BCUT2D eigenvalue weighted by Crippen LogP contribution is -2.30. The van der Waals surface area contributed by atoms with E-state index in [4.69, 9.17) is 0 Å². The van der Waals surface area contributed by atoms with Gasteiger partial charge in [0.15, 0.2) is 22.4 Å². The molecule has 0 atom stereocenters. The van der Waals surface area contributed by atoms with Crippen LogP contribution in [0, 0.1) is 0 Å². The Morgan fingerprint density at radius 3 is 2.57 bits per heavy atom. The van der Waals surface area contributed by atoms with Crippen LogP contribution in [0.15, 0.2) is 38.7 Å². The molecule has 150 valence electrons. The molecule has 0 radical (unpaired) electrons. The van der Waals surface area contributed by atoms with Crippen molar-refractivity contribution >= 4 is 38.3 Å². The number of nitrogens with zero attached hydrogens (tertiary/aromatic N) is 6. The lowest BCUT2D eigenvalue weighted by atomic mass is 10.4. The van der Waals surface area contributed by atoms with Gasteiger partial charge in [-0.1, -0.05) is 17.8 Å². The van der Waals surface area contributed by atoms with Crippen LogP contribution in [0.25, 0.3) is 16.9 Å². The quantitative estimate of drug-likeness (QED) is 0.465. The van der Waals surface area contributed by atoms with Crippen LogP contribution in [-0.4, -0.2) is 53.5 Å². The van der Waals surface area contributed by atoms with Crippen molar-refractivity contribution in [2.75, 3.05) is 18.8 Å². The summed E-state index contributed by atoms with van der Waals surface area (Å²) in [6.45, 7) is -1.53. The molecule has 3 rings (SSSR count). The third kappa shape index (κ3) is 4.35. The van der Waals surface area contributed by atoms with Crippen molar-refractivity contribution in [3.63, 3.8) is 0 Å². The molecule has 28 heavy (non-hydrogen) atoms. The van der Waals surface area contributed by atoms with Crippen LogP contribution in [0.2, 0.25) is 0 Å². The van der Waals surface area contributed by atoms with Gasteiger partial charge in [0.25, 0.3) is 5.56 Å². The standard InChI is InChI=1S/C15H15F3N6O2S2/c1-27-14-19-7-9-12(21-14)24(23(13(9)25)8-15(16,17)18)11-6-4-5-10(20-11)22-28(2,3)26/h4-7H,8H2,1-3H3. The minimum atomic E-state index is -4.64. The molecule has 3 heterocycles. The Bertz CT molecular complexity index is 1220. The fourth-order valence-electron chi connectivity index (χ4n) is 2.46. The van der Waals surface area contributed by atoms with Crippen molar-refractivity contribution < 1.29 is 17.4 Å². The van der Waals surface area contributed by atoms with E-state index in [9.17, 15) is 22.2 Å². The van der Waals surface area contributed by atoms with E-state index in [0.717, 1.165) is 4.68 Å². The molecule has 3 aromatic rings. The maximum Gasteiger partial charge on any atom is 0.408 e. The first-order valence-electron chi connectivity index (χ1n) is 7.72. The van der Waals surface area contributed by atoms with Crippen LogP contribution >= 0.6 is 11.8 Å². The molecule has 0 unspecified atom stereocenters. The van der Waals surface area contributed by atoms with Gasteiger partial charge >= 0.3 is 6.18 Å². The Hall–Kier alpha value is -2.41. The maximum atomic E-state index is 13.1. The molecule has 8 nitrogen and oxygen atoms in total. The van der Waals surface area contributed by atoms with Gasteiger partial charge in [-0.05, 0) is 18.4 Å². The first kappa shape index (κ1) is 20.3. The van der Waals surface area contributed by atoms with Gasteiger partial charge in [-0.3, -0.25) is 4.79 Å². The third-order valence-electron chi connectivity index (χ3n) is 3.42. The molecule has 0 N–H and O–H groups in total. The summed E-state index contributed by atoms with van der Waals surface area (Å²) < 4.78 is 56.7. The number of hydrogen-bond donors (Lipinski definition) is 0. The molecule has 0 aliphatic heterocycles. The monoisotopic (exact) mass is 432 g/mol. The zero-order valence-corrected chi connectivity index (χ0v) is 16.6. The van der Waals surface area contributed by atoms with Gasteiger partial charge in [0.2, 0.25) is 0 Å². The van der Waals surface area contributed by atoms with Gasteiger partial charge in [0.05, 0.1) is 0 Å². The molecule has 0 aliphatic rings. The van der Waals surface area contributed by atoms with E-state index in [1.54, 1.807) is 6.26 Å². The first-order valence-corrected chi connectivity index (χ1v) is 11.3. The summed E-state index contributed by atoms with van der Waals surface area (Å²) in [7, 11) is -2.54. The van der Waals surface area contributed by atoms with E-state index in [-0.39, 0.29) is 27.8 Å². The van der Waals surface area contributed by atoms with Crippen molar-refractivity contribution in [2.45, 2.75) is 17.9 Å².